The highest BCUT2D eigenvalue weighted by Gasteiger charge is 2.14. The van der Waals surface area contributed by atoms with Gasteiger partial charge in [0.15, 0.2) is 0 Å². The van der Waals surface area contributed by atoms with Crippen molar-refractivity contribution in [1.82, 2.24) is 5.32 Å². The van der Waals surface area contributed by atoms with Crippen LogP contribution >= 0.6 is 27.3 Å². The topological polar surface area (TPSA) is 12.0 Å². The van der Waals surface area contributed by atoms with E-state index in [1.165, 1.54) is 21.0 Å². The number of hydrogen-bond donors (Lipinski definition) is 1. The molecule has 0 radical (unpaired) electrons. The van der Waals surface area contributed by atoms with Crippen LogP contribution in [0.3, 0.4) is 0 Å². The van der Waals surface area contributed by atoms with Gasteiger partial charge in [0.2, 0.25) is 0 Å². The first kappa shape index (κ1) is 14.7. The van der Waals surface area contributed by atoms with E-state index in [0.29, 0.717) is 0 Å². The molecule has 0 saturated carbocycles. The monoisotopic (exact) mass is 363 g/mol. The van der Waals surface area contributed by atoms with Gasteiger partial charge in [-0.05, 0) is 54.8 Å². The number of benzene rings is 2. The maximum atomic E-state index is 13.5. The number of nitrogens with one attached hydrogen (secondary N) is 1. The van der Waals surface area contributed by atoms with Gasteiger partial charge in [0.25, 0.3) is 0 Å². The zero-order valence-electron chi connectivity index (χ0n) is 11.6. The van der Waals surface area contributed by atoms with E-state index in [0.717, 1.165) is 16.5 Å². The molecule has 2 aromatic carbocycles. The number of thiophene rings is 1. The molecule has 0 aliphatic rings. The number of hydrogen-bond acceptors (Lipinski definition) is 2. The molecule has 1 atom stereocenters. The zero-order valence-corrected chi connectivity index (χ0v) is 14.0. The second kappa shape index (κ2) is 6.26. The first-order chi connectivity index (χ1) is 10.2. The predicted molar refractivity (Wildman–Crippen MR) is 91.4 cm³/mol. The van der Waals surface area contributed by atoms with Crippen LogP contribution in [-0.4, -0.2) is 7.05 Å². The van der Waals surface area contributed by atoms with Crippen LogP contribution in [0.1, 0.15) is 16.5 Å². The van der Waals surface area contributed by atoms with Crippen LogP contribution in [0, 0.1) is 5.82 Å². The summed E-state index contributed by atoms with van der Waals surface area (Å²) in [7, 11) is 1.95. The average Bonchev–Trinajstić information content (AvgIpc) is 2.87. The Morgan fingerprint density at radius 1 is 1.19 bits per heavy atom. The van der Waals surface area contributed by atoms with Gasteiger partial charge in [-0.25, -0.2) is 4.39 Å². The van der Waals surface area contributed by atoms with Gasteiger partial charge in [-0.15, -0.1) is 11.3 Å². The highest BCUT2D eigenvalue weighted by Crippen LogP contribution is 2.31. The Morgan fingerprint density at radius 3 is 2.71 bits per heavy atom. The van der Waals surface area contributed by atoms with E-state index in [2.05, 4.69) is 51.6 Å². The lowest BCUT2D eigenvalue weighted by Gasteiger charge is -2.14. The van der Waals surface area contributed by atoms with Crippen LogP contribution in [0.2, 0.25) is 0 Å². The summed E-state index contributed by atoms with van der Waals surface area (Å²) in [6, 6.07) is 15.8. The van der Waals surface area contributed by atoms with Crippen molar-refractivity contribution >= 4 is 37.4 Å². The van der Waals surface area contributed by atoms with Crippen molar-refractivity contribution in [2.75, 3.05) is 7.05 Å². The lowest BCUT2D eigenvalue weighted by molar-refractivity contribution is 0.591. The lowest BCUT2D eigenvalue weighted by Crippen LogP contribution is -2.17. The van der Waals surface area contributed by atoms with E-state index >= 15 is 0 Å². The summed E-state index contributed by atoms with van der Waals surface area (Å²) in [6.07, 6.45) is 0.764. The van der Waals surface area contributed by atoms with Gasteiger partial charge in [0, 0.05) is 20.1 Å². The van der Waals surface area contributed by atoms with E-state index in [1.807, 2.05) is 13.1 Å². The molecule has 21 heavy (non-hydrogen) atoms. The molecule has 1 nitrogen and oxygen atoms in total. The molecular weight excluding hydrogens is 349 g/mol. The third kappa shape index (κ3) is 3.34. The van der Waals surface area contributed by atoms with Crippen LogP contribution in [-0.2, 0) is 6.42 Å². The smallest absolute Gasteiger partial charge is 0.124 e. The molecule has 0 saturated heterocycles. The minimum absolute atomic E-state index is 0.191. The first-order valence-corrected chi connectivity index (χ1v) is 8.37. The molecule has 108 valence electrons. The summed E-state index contributed by atoms with van der Waals surface area (Å²) in [4.78, 5) is 1.28. The third-order valence-corrected chi connectivity index (χ3v) is 5.19. The molecule has 0 bridgehead atoms. The standard InChI is InChI=1S/C17H15BrFNS/c1-20-15(8-11-6-13(18)10-14(19)7-11)17-9-12-4-2-3-5-16(12)21-17/h2-7,9-10,15,20H,8H2,1H3. The van der Waals surface area contributed by atoms with Crippen molar-refractivity contribution in [3.8, 4) is 0 Å². The van der Waals surface area contributed by atoms with Crippen LogP contribution < -0.4 is 5.32 Å². The third-order valence-electron chi connectivity index (χ3n) is 3.50. The Morgan fingerprint density at radius 2 is 2.00 bits per heavy atom. The Bertz CT molecular complexity index is 715. The highest BCUT2D eigenvalue weighted by molar-refractivity contribution is 9.10. The fraction of sp³-hybridized carbons (Fsp3) is 0.176. The zero-order chi connectivity index (χ0) is 14.8. The Kier molecular flexibility index (Phi) is 4.38. The average molecular weight is 364 g/mol. The molecule has 0 fully saturated rings. The molecule has 4 heteroatoms. The Hall–Kier alpha value is -1.23. The van der Waals surface area contributed by atoms with Crippen molar-refractivity contribution in [2.45, 2.75) is 12.5 Å². The maximum absolute atomic E-state index is 13.5. The maximum Gasteiger partial charge on any atom is 0.124 e. The van der Waals surface area contributed by atoms with E-state index in [4.69, 9.17) is 0 Å². The number of halogens is 2. The normalized spacial score (nSPS) is 12.7. The number of likely N-dealkylation sites (N-methyl/N-ethyl adjacent to an activating group) is 1. The van der Waals surface area contributed by atoms with Gasteiger partial charge in [0.1, 0.15) is 5.82 Å². The van der Waals surface area contributed by atoms with E-state index < -0.39 is 0 Å². The van der Waals surface area contributed by atoms with Gasteiger partial charge in [0.05, 0.1) is 0 Å². The van der Waals surface area contributed by atoms with Crippen LogP contribution in [0.25, 0.3) is 10.1 Å². The summed E-state index contributed by atoms with van der Waals surface area (Å²) in [5.41, 5.74) is 0.985. The SMILES string of the molecule is CNC(Cc1cc(F)cc(Br)c1)c1cc2ccccc2s1. The number of rotatable bonds is 4. The second-order valence-corrected chi connectivity index (χ2v) is 7.04. The van der Waals surface area contributed by atoms with Gasteiger partial charge in [-0.3, -0.25) is 0 Å². The van der Waals surface area contributed by atoms with Crippen molar-refractivity contribution < 1.29 is 4.39 Å². The molecule has 1 heterocycles. The summed E-state index contributed by atoms with van der Waals surface area (Å²) >= 11 is 5.14. The van der Waals surface area contributed by atoms with Crippen molar-refractivity contribution in [2.24, 2.45) is 0 Å². The quantitative estimate of drug-likeness (QED) is 0.662. The molecule has 3 aromatic rings. The summed E-state index contributed by atoms with van der Waals surface area (Å²) in [6.45, 7) is 0. The van der Waals surface area contributed by atoms with Gasteiger partial charge in [-0.1, -0.05) is 34.1 Å². The van der Waals surface area contributed by atoms with E-state index in [9.17, 15) is 4.39 Å². The minimum atomic E-state index is -0.203. The molecular formula is C17H15BrFNS. The fourth-order valence-electron chi connectivity index (χ4n) is 2.48. The highest BCUT2D eigenvalue weighted by atomic mass is 79.9. The van der Waals surface area contributed by atoms with Gasteiger partial charge < -0.3 is 5.32 Å². The van der Waals surface area contributed by atoms with E-state index in [-0.39, 0.29) is 11.9 Å². The number of fused-ring (bicyclic) bond motifs is 1. The lowest BCUT2D eigenvalue weighted by atomic mass is 10.0. The van der Waals surface area contributed by atoms with Gasteiger partial charge in [-0.2, -0.15) is 0 Å². The van der Waals surface area contributed by atoms with Crippen LogP contribution in [0.15, 0.2) is 53.0 Å². The van der Waals surface area contributed by atoms with Gasteiger partial charge >= 0.3 is 0 Å². The van der Waals surface area contributed by atoms with Crippen LogP contribution in [0.5, 0.6) is 0 Å². The summed E-state index contributed by atoms with van der Waals surface area (Å²) in [5, 5.41) is 4.60. The largest absolute Gasteiger partial charge is 0.312 e. The fourth-order valence-corrected chi connectivity index (χ4v) is 4.17. The second-order valence-electron chi connectivity index (χ2n) is 5.01. The summed E-state index contributed by atoms with van der Waals surface area (Å²) in [5.74, 6) is -0.203. The molecule has 0 aliphatic carbocycles. The minimum Gasteiger partial charge on any atom is -0.312 e. The molecule has 0 amide bonds. The molecule has 1 unspecified atom stereocenters. The Balaban J connectivity index is 1.90. The van der Waals surface area contributed by atoms with Crippen molar-refractivity contribution in [1.29, 1.82) is 0 Å². The molecule has 1 aromatic heterocycles. The molecule has 0 aliphatic heterocycles. The Labute approximate surface area is 135 Å². The van der Waals surface area contributed by atoms with Crippen molar-refractivity contribution in [3.63, 3.8) is 0 Å². The predicted octanol–water partition coefficient (Wildman–Crippen LogP) is 5.31. The molecule has 0 spiro atoms. The van der Waals surface area contributed by atoms with E-state index in [1.54, 1.807) is 17.4 Å². The van der Waals surface area contributed by atoms with Crippen LogP contribution in [0.4, 0.5) is 4.39 Å². The summed E-state index contributed by atoms with van der Waals surface area (Å²) < 4.78 is 15.6. The van der Waals surface area contributed by atoms with Crippen molar-refractivity contribution in [3.05, 3.63) is 69.3 Å². The molecule has 1 N–H and O–H groups in total. The molecule has 3 rings (SSSR count). The first-order valence-electron chi connectivity index (χ1n) is 6.76.